The largest absolute Gasteiger partial charge is 0.267 e. The summed E-state index contributed by atoms with van der Waals surface area (Å²) < 4.78 is 2.05. The molecule has 1 heterocycles. The second-order valence-electron chi connectivity index (χ2n) is 4.22. The zero-order valence-corrected chi connectivity index (χ0v) is 8.70. The van der Waals surface area contributed by atoms with Crippen LogP contribution in [0.25, 0.3) is 0 Å². The smallest absolute Gasteiger partial charge is 0.0659 e. The van der Waals surface area contributed by atoms with E-state index in [9.17, 15) is 0 Å². The molecule has 1 aromatic heterocycles. The highest BCUT2D eigenvalue weighted by molar-refractivity contribution is 5.23. The number of fused-ring (bicyclic) bond motifs is 1. The molecule has 0 fully saturated rings. The van der Waals surface area contributed by atoms with Gasteiger partial charge in [-0.1, -0.05) is 0 Å². The predicted molar refractivity (Wildman–Crippen MR) is 53.7 cm³/mol. The number of hydrogen-bond donors (Lipinski definition) is 0. The maximum atomic E-state index is 8.90. The van der Waals surface area contributed by atoms with Gasteiger partial charge in [0.25, 0.3) is 0 Å². The number of rotatable bonds is 1. The molecule has 0 aromatic carbocycles. The Labute approximate surface area is 84.3 Å². The molecule has 0 radical (unpaired) electrons. The van der Waals surface area contributed by atoms with Crippen molar-refractivity contribution in [2.45, 2.75) is 39.2 Å². The zero-order valence-electron chi connectivity index (χ0n) is 8.70. The lowest BCUT2D eigenvalue weighted by Gasteiger charge is -2.19. The summed E-state index contributed by atoms with van der Waals surface area (Å²) in [6.45, 7) is 4.26. The van der Waals surface area contributed by atoms with Crippen LogP contribution in [-0.4, -0.2) is 9.78 Å². The zero-order chi connectivity index (χ0) is 10.1. The van der Waals surface area contributed by atoms with E-state index in [1.165, 1.54) is 11.3 Å². The number of aryl methyl sites for hydroxylation is 1. The van der Waals surface area contributed by atoms with Gasteiger partial charge in [-0.25, -0.2) is 0 Å². The highest BCUT2D eigenvalue weighted by atomic mass is 15.3. The van der Waals surface area contributed by atoms with Gasteiger partial charge in [0.1, 0.15) is 0 Å². The summed E-state index contributed by atoms with van der Waals surface area (Å²) in [4.78, 5) is 0. The van der Waals surface area contributed by atoms with Crippen molar-refractivity contribution in [3.63, 3.8) is 0 Å². The Bertz CT molecular complexity index is 370. The quantitative estimate of drug-likeness (QED) is 0.678. The second-order valence-corrected chi connectivity index (χ2v) is 4.22. The van der Waals surface area contributed by atoms with Crippen molar-refractivity contribution >= 4 is 0 Å². The van der Waals surface area contributed by atoms with Crippen LogP contribution < -0.4 is 0 Å². The molecular formula is C11H15N3. The Morgan fingerprint density at radius 3 is 3.07 bits per heavy atom. The van der Waals surface area contributed by atoms with Gasteiger partial charge in [-0.2, -0.15) is 10.4 Å². The lowest BCUT2D eigenvalue weighted by atomic mass is 9.89. The van der Waals surface area contributed by atoms with Crippen LogP contribution in [0.15, 0.2) is 6.20 Å². The van der Waals surface area contributed by atoms with Gasteiger partial charge in [0.05, 0.1) is 18.2 Å². The van der Waals surface area contributed by atoms with Crippen molar-refractivity contribution in [2.24, 2.45) is 5.92 Å². The van der Waals surface area contributed by atoms with Crippen molar-refractivity contribution in [3.8, 4) is 6.07 Å². The number of nitrogens with zero attached hydrogens (tertiary/aromatic N) is 3. The van der Waals surface area contributed by atoms with E-state index in [1.54, 1.807) is 0 Å². The molecule has 74 valence electrons. The van der Waals surface area contributed by atoms with Crippen molar-refractivity contribution in [2.75, 3.05) is 0 Å². The minimum absolute atomic E-state index is 0.191. The molecule has 14 heavy (non-hydrogen) atoms. The Morgan fingerprint density at radius 1 is 1.64 bits per heavy atom. The first-order valence-corrected chi connectivity index (χ1v) is 5.17. The van der Waals surface area contributed by atoms with E-state index in [0.717, 1.165) is 19.3 Å². The van der Waals surface area contributed by atoms with E-state index >= 15 is 0 Å². The molecule has 0 amide bonds. The van der Waals surface area contributed by atoms with Crippen LogP contribution in [-0.2, 0) is 12.8 Å². The summed E-state index contributed by atoms with van der Waals surface area (Å²) >= 11 is 0. The van der Waals surface area contributed by atoms with Crippen LogP contribution >= 0.6 is 0 Å². The highest BCUT2D eigenvalue weighted by Gasteiger charge is 2.22. The molecule has 0 bridgehead atoms. The van der Waals surface area contributed by atoms with E-state index in [1.807, 2.05) is 6.20 Å². The van der Waals surface area contributed by atoms with Crippen LogP contribution in [0.4, 0.5) is 0 Å². The molecule has 1 atom stereocenters. The Morgan fingerprint density at radius 2 is 2.43 bits per heavy atom. The lowest BCUT2D eigenvalue weighted by molar-refractivity contribution is 0.470. The Balaban J connectivity index is 2.33. The van der Waals surface area contributed by atoms with Crippen LogP contribution in [0.2, 0.25) is 0 Å². The minimum atomic E-state index is 0.191. The molecule has 0 spiro atoms. The van der Waals surface area contributed by atoms with E-state index in [4.69, 9.17) is 5.26 Å². The SMILES string of the molecule is CC(C)n1ncc2c1CC(C#N)CC2. The Hall–Kier alpha value is -1.30. The molecule has 0 saturated carbocycles. The van der Waals surface area contributed by atoms with Gasteiger partial charge in [-0.15, -0.1) is 0 Å². The third-order valence-electron chi connectivity index (χ3n) is 2.86. The van der Waals surface area contributed by atoms with Crippen LogP contribution in [0.1, 0.15) is 37.6 Å². The van der Waals surface area contributed by atoms with Gasteiger partial charge in [-0.3, -0.25) is 4.68 Å². The normalized spacial score (nSPS) is 20.6. The number of nitriles is 1. The van der Waals surface area contributed by atoms with Crippen LogP contribution in [0.5, 0.6) is 0 Å². The summed E-state index contributed by atoms with van der Waals surface area (Å²) in [6.07, 6.45) is 4.85. The maximum absolute atomic E-state index is 8.90. The summed E-state index contributed by atoms with van der Waals surface area (Å²) in [5.41, 5.74) is 2.61. The molecule has 0 saturated heterocycles. The molecular weight excluding hydrogens is 174 g/mol. The van der Waals surface area contributed by atoms with Gasteiger partial charge < -0.3 is 0 Å². The van der Waals surface area contributed by atoms with Gasteiger partial charge >= 0.3 is 0 Å². The molecule has 3 heteroatoms. The summed E-state index contributed by atoms with van der Waals surface area (Å²) in [6, 6.07) is 2.76. The first-order valence-electron chi connectivity index (χ1n) is 5.17. The van der Waals surface area contributed by atoms with E-state index in [2.05, 4.69) is 29.7 Å². The summed E-state index contributed by atoms with van der Waals surface area (Å²) in [5.74, 6) is 0.191. The molecule has 3 nitrogen and oxygen atoms in total. The molecule has 1 aliphatic rings. The van der Waals surface area contributed by atoms with Crippen molar-refractivity contribution in [3.05, 3.63) is 17.5 Å². The fraction of sp³-hybridized carbons (Fsp3) is 0.636. The fourth-order valence-electron chi connectivity index (χ4n) is 2.08. The lowest BCUT2D eigenvalue weighted by Crippen LogP contribution is -2.17. The van der Waals surface area contributed by atoms with Crippen molar-refractivity contribution in [1.82, 2.24) is 9.78 Å². The monoisotopic (exact) mass is 189 g/mol. The van der Waals surface area contributed by atoms with Crippen molar-refractivity contribution in [1.29, 1.82) is 5.26 Å². The van der Waals surface area contributed by atoms with E-state index in [0.29, 0.717) is 6.04 Å². The molecule has 1 aliphatic carbocycles. The van der Waals surface area contributed by atoms with Crippen LogP contribution in [0, 0.1) is 17.2 Å². The van der Waals surface area contributed by atoms with Gasteiger partial charge in [0, 0.05) is 18.2 Å². The van der Waals surface area contributed by atoms with Crippen molar-refractivity contribution < 1.29 is 0 Å². The van der Waals surface area contributed by atoms with Crippen LogP contribution in [0.3, 0.4) is 0 Å². The maximum Gasteiger partial charge on any atom is 0.0659 e. The summed E-state index contributed by atoms with van der Waals surface area (Å²) in [7, 11) is 0. The average molecular weight is 189 g/mol. The van der Waals surface area contributed by atoms with Gasteiger partial charge in [-0.05, 0) is 32.3 Å². The summed E-state index contributed by atoms with van der Waals surface area (Å²) in [5, 5.41) is 13.3. The van der Waals surface area contributed by atoms with Gasteiger partial charge in [0.15, 0.2) is 0 Å². The topological polar surface area (TPSA) is 41.6 Å². The standard InChI is InChI=1S/C11H15N3/c1-8(2)14-11-5-9(6-12)3-4-10(11)7-13-14/h7-9H,3-5H2,1-2H3. The van der Waals surface area contributed by atoms with E-state index in [-0.39, 0.29) is 5.92 Å². The third-order valence-corrected chi connectivity index (χ3v) is 2.86. The fourth-order valence-corrected chi connectivity index (χ4v) is 2.08. The number of aromatic nitrogens is 2. The second kappa shape index (κ2) is 3.45. The average Bonchev–Trinajstić information content (AvgIpc) is 2.59. The Kier molecular flexibility index (Phi) is 2.28. The predicted octanol–water partition coefficient (Wildman–Crippen LogP) is 2.09. The molecule has 2 rings (SSSR count). The van der Waals surface area contributed by atoms with E-state index < -0.39 is 0 Å². The highest BCUT2D eigenvalue weighted by Crippen LogP contribution is 2.26. The molecule has 0 aliphatic heterocycles. The first-order chi connectivity index (χ1) is 6.72. The molecule has 1 aromatic rings. The molecule has 0 N–H and O–H groups in total. The minimum Gasteiger partial charge on any atom is -0.267 e. The number of hydrogen-bond acceptors (Lipinski definition) is 2. The van der Waals surface area contributed by atoms with Gasteiger partial charge in [0.2, 0.25) is 0 Å². The first kappa shape index (κ1) is 9.26. The third kappa shape index (κ3) is 1.41. The molecule has 1 unspecified atom stereocenters.